The molecule has 7 heteroatoms. The van der Waals surface area contributed by atoms with Gasteiger partial charge in [-0.3, -0.25) is 14.9 Å². The van der Waals surface area contributed by atoms with Crippen LogP contribution in [0.2, 0.25) is 0 Å². The van der Waals surface area contributed by atoms with Gasteiger partial charge in [0, 0.05) is 6.07 Å². The Hall–Kier alpha value is -3.09. The van der Waals surface area contributed by atoms with Crippen molar-refractivity contribution in [3.63, 3.8) is 0 Å². The maximum absolute atomic E-state index is 12.3. The zero-order valence-electron chi connectivity index (χ0n) is 14.3. The van der Waals surface area contributed by atoms with Crippen LogP contribution in [0.25, 0.3) is 0 Å². The molecule has 1 atom stereocenters. The van der Waals surface area contributed by atoms with Crippen molar-refractivity contribution in [3.05, 3.63) is 58.1 Å². The third-order valence-corrected chi connectivity index (χ3v) is 3.64. The second kappa shape index (κ2) is 8.14. The Morgan fingerprint density at radius 2 is 2.04 bits per heavy atom. The molecule has 7 nitrogen and oxygen atoms in total. The van der Waals surface area contributed by atoms with E-state index in [0.29, 0.717) is 11.4 Å². The number of hydrogen-bond donors (Lipinski definition) is 1. The minimum absolute atomic E-state index is 0.115. The number of non-ortho nitro benzene ring substituents is 1. The van der Waals surface area contributed by atoms with E-state index in [9.17, 15) is 14.9 Å². The van der Waals surface area contributed by atoms with E-state index < -0.39 is 11.0 Å². The molecule has 0 radical (unpaired) electrons. The predicted molar refractivity (Wildman–Crippen MR) is 94.2 cm³/mol. The van der Waals surface area contributed by atoms with Crippen molar-refractivity contribution in [1.29, 1.82) is 0 Å². The summed E-state index contributed by atoms with van der Waals surface area (Å²) in [7, 11) is 1.38. The number of nitro benzene ring substituents is 1. The van der Waals surface area contributed by atoms with Gasteiger partial charge in [0.25, 0.3) is 11.6 Å². The Labute approximate surface area is 145 Å². The Kier molecular flexibility index (Phi) is 5.94. The molecule has 1 N–H and O–H groups in total. The van der Waals surface area contributed by atoms with Crippen molar-refractivity contribution < 1.29 is 19.2 Å². The lowest BCUT2D eigenvalue weighted by Gasteiger charge is -2.16. The number of nitro groups is 1. The summed E-state index contributed by atoms with van der Waals surface area (Å²) in [6.07, 6.45) is 0.129. The monoisotopic (exact) mass is 344 g/mol. The molecule has 0 aromatic heterocycles. The summed E-state index contributed by atoms with van der Waals surface area (Å²) in [6, 6.07) is 11.5. The molecule has 132 valence electrons. The third kappa shape index (κ3) is 4.69. The Morgan fingerprint density at radius 1 is 1.28 bits per heavy atom. The summed E-state index contributed by atoms with van der Waals surface area (Å²) < 4.78 is 10.8. The van der Waals surface area contributed by atoms with Crippen molar-refractivity contribution in [2.75, 3.05) is 12.4 Å². The van der Waals surface area contributed by atoms with Crippen LogP contribution in [0.15, 0.2) is 42.5 Å². The number of benzene rings is 2. The second-order valence-electron chi connectivity index (χ2n) is 5.39. The van der Waals surface area contributed by atoms with Crippen LogP contribution in [0.3, 0.4) is 0 Å². The van der Waals surface area contributed by atoms with Gasteiger partial charge in [0.1, 0.15) is 11.5 Å². The number of anilines is 1. The van der Waals surface area contributed by atoms with Crippen LogP contribution in [0.1, 0.15) is 19.4 Å². The molecule has 0 aliphatic carbocycles. The zero-order chi connectivity index (χ0) is 18.4. The van der Waals surface area contributed by atoms with Crippen molar-refractivity contribution >= 4 is 17.3 Å². The van der Waals surface area contributed by atoms with E-state index in [1.165, 1.54) is 25.3 Å². The highest BCUT2D eigenvalue weighted by molar-refractivity contribution is 5.95. The smallest absolute Gasteiger partial charge is 0.273 e. The summed E-state index contributed by atoms with van der Waals surface area (Å²) in [6.45, 7) is 3.67. The van der Waals surface area contributed by atoms with Crippen LogP contribution in [0, 0.1) is 10.1 Å². The summed E-state index contributed by atoms with van der Waals surface area (Å²) in [5.74, 6) is 0.439. The summed E-state index contributed by atoms with van der Waals surface area (Å²) >= 11 is 0. The van der Waals surface area contributed by atoms with Crippen LogP contribution in [0.4, 0.5) is 11.4 Å². The van der Waals surface area contributed by atoms with Crippen LogP contribution < -0.4 is 14.8 Å². The molecule has 1 amide bonds. The number of nitrogens with zero attached hydrogens (tertiary/aromatic N) is 1. The SMILES string of the molecule is CCc1cccc(OC(C)C(=O)Nc2ccc([N+](=O)[O-])cc2OC)c1. The van der Waals surface area contributed by atoms with E-state index in [-0.39, 0.29) is 17.3 Å². The number of hydrogen-bond acceptors (Lipinski definition) is 5. The molecule has 0 fully saturated rings. The van der Waals surface area contributed by atoms with Crippen LogP contribution >= 0.6 is 0 Å². The number of nitrogens with one attached hydrogen (secondary N) is 1. The first kappa shape index (κ1) is 18.3. The van der Waals surface area contributed by atoms with Gasteiger partial charge >= 0.3 is 0 Å². The molecule has 0 bridgehead atoms. The van der Waals surface area contributed by atoms with Gasteiger partial charge in [-0.25, -0.2) is 0 Å². The molecule has 2 aromatic rings. The molecular weight excluding hydrogens is 324 g/mol. The third-order valence-electron chi connectivity index (χ3n) is 3.64. The van der Waals surface area contributed by atoms with Gasteiger partial charge in [0.05, 0.1) is 23.8 Å². The van der Waals surface area contributed by atoms with Gasteiger partial charge in [0.15, 0.2) is 6.10 Å². The average molecular weight is 344 g/mol. The highest BCUT2D eigenvalue weighted by atomic mass is 16.6. The lowest BCUT2D eigenvalue weighted by molar-refractivity contribution is -0.384. The fourth-order valence-corrected chi connectivity index (χ4v) is 2.23. The van der Waals surface area contributed by atoms with E-state index >= 15 is 0 Å². The maximum atomic E-state index is 12.3. The first-order valence-corrected chi connectivity index (χ1v) is 7.83. The first-order chi connectivity index (χ1) is 11.9. The number of amides is 1. The molecule has 2 aromatic carbocycles. The minimum atomic E-state index is -0.744. The quantitative estimate of drug-likeness (QED) is 0.612. The molecule has 25 heavy (non-hydrogen) atoms. The fraction of sp³-hybridized carbons (Fsp3) is 0.278. The molecule has 0 heterocycles. The molecule has 0 saturated carbocycles. The normalized spacial score (nSPS) is 11.5. The summed E-state index contributed by atoms with van der Waals surface area (Å²) in [4.78, 5) is 22.6. The lowest BCUT2D eigenvalue weighted by Crippen LogP contribution is -2.30. The van der Waals surface area contributed by atoms with Gasteiger partial charge in [0.2, 0.25) is 0 Å². The van der Waals surface area contributed by atoms with Crippen LogP contribution in [-0.4, -0.2) is 24.0 Å². The Balaban J connectivity index is 2.09. The van der Waals surface area contributed by atoms with Crippen molar-refractivity contribution in [3.8, 4) is 11.5 Å². The number of methoxy groups -OCH3 is 1. The lowest BCUT2D eigenvalue weighted by atomic mass is 10.2. The highest BCUT2D eigenvalue weighted by Crippen LogP contribution is 2.29. The van der Waals surface area contributed by atoms with E-state index in [1.54, 1.807) is 13.0 Å². The Bertz CT molecular complexity index is 776. The topological polar surface area (TPSA) is 90.7 Å². The number of carbonyl (C=O) groups is 1. The van der Waals surface area contributed by atoms with Gasteiger partial charge in [-0.2, -0.15) is 0 Å². The van der Waals surface area contributed by atoms with Crippen molar-refractivity contribution in [2.24, 2.45) is 0 Å². The summed E-state index contributed by atoms with van der Waals surface area (Å²) in [5.41, 5.74) is 1.34. The highest BCUT2D eigenvalue weighted by Gasteiger charge is 2.18. The average Bonchev–Trinajstić information content (AvgIpc) is 2.61. The number of aryl methyl sites for hydroxylation is 1. The molecule has 0 saturated heterocycles. The minimum Gasteiger partial charge on any atom is -0.494 e. The molecule has 0 spiro atoms. The number of ether oxygens (including phenoxy) is 2. The summed E-state index contributed by atoms with van der Waals surface area (Å²) in [5, 5.41) is 13.5. The van der Waals surface area contributed by atoms with Gasteiger partial charge < -0.3 is 14.8 Å². The maximum Gasteiger partial charge on any atom is 0.273 e. The standard InChI is InChI=1S/C18H20N2O5/c1-4-13-6-5-7-15(10-13)25-12(2)18(21)19-16-9-8-14(20(22)23)11-17(16)24-3/h5-12H,4H2,1-3H3,(H,19,21). The van der Waals surface area contributed by atoms with Crippen LogP contribution in [0.5, 0.6) is 11.5 Å². The molecule has 0 aliphatic rings. The van der Waals surface area contributed by atoms with Gasteiger partial charge in [-0.05, 0) is 37.1 Å². The van der Waals surface area contributed by atoms with Gasteiger partial charge in [-0.1, -0.05) is 19.1 Å². The number of rotatable bonds is 7. The van der Waals surface area contributed by atoms with E-state index in [4.69, 9.17) is 9.47 Å². The number of carbonyl (C=O) groups excluding carboxylic acids is 1. The van der Waals surface area contributed by atoms with Crippen molar-refractivity contribution in [2.45, 2.75) is 26.4 Å². The largest absolute Gasteiger partial charge is 0.494 e. The van der Waals surface area contributed by atoms with Gasteiger partial charge in [-0.15, -0.1) is 0 Å². The fourth-order valence-electron chi connectivity index (χ4n) is 2.23. The molecule has 0 aliphatic heterocycles. The molecule has 2 rings (SSSR count). The molecular formula is C18H20N2O5. The second-order valence-corrected chi connectivity index (χ2v) is 5.39. The van der Waals surface area contributed by atoms with E-state index in [0.717, 1.165) is 12.0 Å². The van der Waals surface area contributed by atoms with Crippen molar-refractivity contribution in [1.82, 2.24) is 0 Å². The van der Waals surface area contributed by atoms with E-state index in [1.807, 2.05) is 25.1 Å². The zero-order valence-corrected chi connectivity index (χ0v) is 14.3. The van der Waals surface area contributed by atoms with Crippen LogP contribution in [-0.2, 0) is 11.2 Å². The Morgan fingerprint density at radius 3 is 2.68 bits per heavy atom. The predicted octanol–water partition coefficient (Wildman–Crippen LogP) is 3.57. The first-order valence-electron chi connectivity index (χ1n) is 7.83. The molecule has 1 unspecified atom stereocenters. The van der Waals surface area contributed by atoms with E-state index in [2.05, 4.69) is 5.32 Å².